The third-order valence-electron chi connectivity index (χ3n) is 2.79. The summed E-state index contributed by atoms with van der Waals surface area (Å²) >= 11 is 0. The van der Waals surface area contributed by atoms with E-state index >= 15 is 0 Å². The smallest absolute Gasteiger partial charge is 0.387 e. The fourth-order valence-electron chi connectivity index (χ4n) is 1.81. The number of pyridine rings is 1. The number of halogens is 2. The molecule has 0 fully saturated rings. The van der Waals surface area contributed by atoms with Crippen LogP contribution in [0.3, 0.4) is 0 Å². The first-order valence-electron chi connectivity index (χ1n) is 6.00. The largest absolute Gasteiger partial charge is 0.435 e. The highest BCUT2D eigenvalue weighted by Gasteiger charge is 2.21. The van der Waals surface area contributed by atoms with Crippen LogP contribution in [-0.4, -0.2) is 17.4 Å². The van der Waals surface area contributed by atoms with Crippen LogP contribution >= 0.6 is 0 Å². The molecule has 1 aromatic heterocycles. The summed E-state index contributed by atoms with van der Waals surface area (Å²) in [5, 5.41) is 9.19. The first-order chi connectivity index (χ1) is 10.1. The lowest BCUT2D eigenvalue weighted by atomic mass is 9.92. The second-order valence-electron chi connectivity index (χ2n) is 4.11. The van der Waals surface area contributed by atoms with Crippen molar-refractivity contribution in [3.8, 4) is 11.8 Å². The highest BCUT2D eigenvalue weighted by Crippen LogP contribution is 2.23. The fraction of sp³-hybridized carbons (Fsp3) is 0.133. The van der Waals surface area contributed by atoms with E-state index in [9.17, 15) is 18.8 Å². The molecule has 0 saturated carbocycles. The zero-order valence-corrected chi connectivity index (χ0v) is 10.7. The van der Waals surface area contributed by atoms with E-state index in [1.54, 1.807) is 0 Å². The van der Waals surface area contributed by atoms with Gasteiger partial charge in [0.2, 0.25) is 0 Å². The first-order valence-corrected chi connectivity index (χ1v) is 6.00. The van der Waals surface area contributed by atoms with Crippen LogP contribution in [0.1, 0.15) is 21.8 Å². The number of alkyl halides is 2. The van der Waals surface area contributed by atoms with Crippen molar-refractivity contribution in [3.05, 3.63) is 59.9 Å². The molecule has 0 N–H and O–H groups in total. The normalized spacial score (nSPS) is 11.7. The molecule has 21 heavy (non-hydrogen) atoms. The third-order valence-corrected chi connectivity index (χ3v) is 2.79. The lowest BCUT2D eigenvalue weighted by molar-refractivity contribution is -0.0498. The van der Waals surface area contributed by atoms with Crippen LogP contribution in [0.2, 0.25) is 0 Å². The minimum absolute atomic E-state index is 0.0261. The summed E-state index contributed by atoms with van der Waals surface area (Å²) in [6, 6.07) is 10.4. The Morgan fingerprint density at radius 1 is 1.14 bits per heavy atom. The molecule has 2 aromatic rings. The molecule has 0 spiro atoms. The maximum absolute atomic E-state index is 12.2. The Morgan fingerprint density at radius 2 is 1.76 bits per heavy atom. The van der Waals surface area contributed by atoms with Gasteiger partial charge in [-0.2, -0.15) is 14.0 Å². The molecule has 0 aliphatic heterocycles. The summed E-state index contributed by atoms with van der Waals surface area (Å²) in [4.78, 5) is 16.0. The van der Waals surface area contributed by atoms with Crippen LogP contribution in [0.4, 0.5) is 8.78 Å². The number of hydrogen-bond acceptors (Lipinski definition) is 4. The molecule has 1 heterocycles. The van der Waals surface area contributed by atoms with Crippen LogP contribution < -0.4 is 4.74 Å². The molecule has 1 aromatic carbocycles. The number of Topliss-reactive ketones (excluding diaryl/α,β-unsaturated/α-hetero) is 1. The van der Waals surface area contributed by atoms with E-state index in [0.29, 0.717) is 11.1 Å². The van der Waals surface area contributed by atoms with Gasteiger partial charge in [-0.25, -0.2) is 0 Å². The van der Waals surface area contributed by atoms with Gasteiger partial charge in [0, 0.05) is 18.0 Å². The molecule has 6 heteroatoms. The van der Waals surface area contributed by atoms with Crippen molar-refractivity contribution in [3.63, 3.8) is 0 Å². The summed E-state index contributed by atoms with van der Waals surface area (Å²) in [5.74, 6) is -1.41. The Bertz CT molecular complexity index is 652. The highest BCUT2D eigenvalue weighted by molar-refractivity contribution is 6.02. The van der Waals surface area contributed by atoms with Gasteiger partial charge in [0.1, 0.15) is 11.7 Å². The standard InChI is InChI=1S/C15H10F2N2O2/c16-15(17)21-12-3-1-10(2-4-12)13(9-18)14(20)11-5-7-19-8-6-11/h1-8,13,15H. The number of carbonyl (C=O) groups excluding carboxylic acids is 1. The molecule has 0 aliphatic carbocycles. The number of ether oxygens (including phenoxy) is 1. The van der Waals surface area contributed by atoms with Crippen molar-refractivity contribution in [2.24, 2.45) is 0 Å². The lowest BCUT2D eigenvalue weighted by Gasteiger charge is -2.10. The van der Waals surface area contributed by atoms with Gasteiger partial charge in [-0.15, -0.1) is 0 Å². The lowest BCUT2D eigenvalue weighted by Crippen LogP contribution is -2.11. The molecule has 0 bridgehead atoms. The number of rotatable bonds is 5. The van der Waals surface area contributed by atoms with Crippen LogP contribution in [0, 0.1) is 11.3 Å². The number of hydrogen-bond donors (Lipinski definition) is 0. The quantitative estimate of drug-likeness (QED) is 0.793. The van der Waals surface area contributed by atoms with Gasteiger partial charge in [-0.1, -0.05) is 12.1 Å². The fourth-order valence-corrected chi connectivity index (χ4v) is 1.81. The van der Waals surface area contributed by atoms with Crippen molar-refractivity contribution >= 4 is 5.78 Å². The summed E-state index contributed by atoms with van der Waals surface area (Å²) in [7, 11) is 0. The van der Waals surface area contributed by atoms with Crippen molar-refractivity contribution in [1.82, 2.24) is 4.98 Å². The topological polar surface area (TPSA) is 63.0 Å². The molecular weight excluding hydrogens is 278 g/mol. The molecule has 0 radical (unpaired) electrons. The number of aromatic nitrogens is 1. The van der Waals surface area contributed by atoms with Gasteiger partial charge in [-0.05, 0) is 29.8 Å². The number of ketones is 1. The summed E-state index contributed by atoms with van der Waals surface area (Å²) in [5.41, 5.74) is 0.783. The number of nitriles is 1. The van der Waals surface area contributed by atoms with E-state index < -0.39 is 12.5 Å². The van der Waals surface area contributed by atoms with Gasteiger partial charge in [0.15, 0.2) is 5.78 Å². The predicted octanol–water partition coefficient (Wildman–Crippen LogP) is 3.17. The van der Waals surface area contributed by atoms with Gasteiger partial charge < -0.3 is 4.74 Å². The zero-order chi connectivity index (χ0) is 15.2. The maximum Gasteiger partial charge on any atom is 0.387 e. The minimum atomic E-state index is -2.92. The Morgan fingerprint density at radius 3 is 2.29 bits per heavy atom. The SMILES string of the molecule is N#CC(C(=O)c1ccncc1)c1ccc(OC(F)F)cc1. The number of benzene rings is 1. The van der Waals surface area contributed by atoms with Crippen molar-refractivity contribution in [2.75, 3.05) is 0 Å². The van der Waals surface area contributed by atoms with E-state index in [1.807, 2.05) is 6.07 Å². The Kier molecular flexibility index (Phi) is 4.57. The summed E-state index contributed by atoms with van der Waals surface area (Å²) in [6.07, 6.45) is 2.92. The van der Waals surface area contributed by atoms with E-state index in [4.69, 9.17) is 0 Å². The predicted molar refractivity (Wildman–Crippen MR) is 70.0 cm³/mol. The van der Waals surface area contributed by atoms with E-state index in [2.05, 4.69) is 9.72 Å². The van der Waals surface area contributed by atoms with E-state index in [0.717, 1.165) is 0 Å². The van der Waals surface area contributed by atoms with Gasteiger partial charge in [-0.3, -0.25) is 9.78 Å². The van der Waals surface area contributed by atoms with Gasteiger partial charge in [0.05, 0.1) is 6.07 Å². The second-order valence-corrected chi connectivity index (χ2v) is 4.11. The minimum Gasteiger partial charge on any atom is -0.435 e. The van der Waals surface area contributed by atoms with E-state index in [1.165, 1.54) is 48.8 Å². The highest BCUT2D eigenvalue weighted by atomic mass is 19.3. The maximum atomic E-state index is 12.2. The first kappa shape index (κ1) is 14.6. The molecular formula is C15H10F2N2O2. The number of carbonyl (C=O) groups is 1. The van der Waals surface area contributed by atoms with Crippen LogP contribution in [0.5, 0.6) is 5.75 Å². The Balaban J connectivity index is 2.22. The van der Waals surface area contributed by atoms with E-state index in [-0.39, 0.29) is 11.5 Å². The van der Waals surface area contributed by atoms with Crippen molar-refractivity contribution < 1.29 is 18.3 Å². The van der Waals surface area contributed by atoms with Crippen LogP contribution in [-0.2, 0) is 0 Å². The monoisotopic (exact) mass is 288 g/mol. The van der Waals surface area contributed by atoms with Gasteiger partial charge in [0.25, 0.3) is 0 Å². The second kappa shape index (κ2) is 6.57. The molecule has 0 aliphatic rings. The zero-order valence-electron chi connectivity index (χ0n) is 10.7. The molecule has 2 rings (SSSR count). The average Bonchev–Trinajstić information content (AvgIpc) is 2.50. The van der Waals surface area contributed by atoms with Crippen molar-refractivity contribution in [2.45, 2.75) is 12.5 Å². The molecule has 1 atom stereocenters. The summed E-state index contributed by atoms with van der Waals surface area (Å²) < 4.78 is 28.3. The third kappa shape index (κ3) is 3.60. The molecule has 106 valence electrons. The summed E-state index contributed by atoms with van der Waals surface area (Å²) in [6.45, 7) is -2.92. The Labute approximate surface area is 119 Å². The average molecular weight is 288 g/mol. The van der Waals surface area contributed by atoms with Crippen LogP contribution in [0.15, 0.2) is 48.8 Å². The number of nitrogens with zero attached hydrogens (tertiary/aromatic N) is 2. The van der Waals surface area contributed by atoms with Gasteiger partial charge >= 0.3 is 6.61 Å². The molecule has 0 saturated heterocycles. The molecule has 4 nitrogen and oxygen atoms in total. The molecule has 0 amide bonds. The molecule has 1 unspecified atom stereocenters. The Hall–Kier alpha value is -2.81. The van der Waals surface area contributed by atoms with Crippen LogP contribution in [0.25, 0.3) is 0 Å². The van der Waals surface area contributed by atoms with Crippen molar-refractivity contribution in [1.29, 1.82) is 5.26 Å².